The summed E-state index contributed by atoms with van der Waals surface area (Å²) < 4.78 is 10.5. The lowest BCUT2D eigenvalue weighted by atomic mass is 10.1. The number of allylic oxidation sites excluding steroid dienone is 3. The molecule has 1 aliphatic carbocycles. The Kier molecular flexibility index (Phi) is 4.21. The van der Waals surface area contributed by atoms with Crippen LogP contribution in [-0.4, -0.2) is 38.6 Å². The van der Waals surface area contributed by atoms with Crippen molar-refractivity contribution in [2.45, 2.75) is 12.8 Å². The molecule has 0 bridgehead atoms. The van der Waals surface area contributed by atoms with Crippen molar-refractivity contribution in [1.29, 1.82) is 0 Å². The number of amides is 1. The van der Waals surface area contributed by atoms with Crippen LogP contribution in [0.25, 0.3) is 0 Å². The van der Waals surface area contributed by atoms with Gasteiger partial charge in [0, 0.05) is 26.6 Å². The van der Waals surface area contributed by atoms with Gasteiger partial charge in [0.25, 0.3) is 5.91 Å². The molecule has 0 saturated heterocycles. The summed E-state index contributed by atoms with van der Waals surface area (Å²) in [5.41, 5.74) is 0. The van der Waals surface area contributed by atoms with Crippen LogP contribution in [0.1, 0.15) is 12.8 Å². The van der Waals surface area contributed by atoms with E-state index < -0.39 is 0 Å². The second-order valence-electron chi connectivity index (χ2n) is 3.54. The van der Waals surface area contributed by atoms with Crippen LogP contribution in [-0.2, 0) is 14.3 Å². The van der Waals surface area contributed by atoms with Gasteiger partial charge in [-0.15, -0.1) is 0 Å². The van der Waals surface area contributed by atoms with Gasteiger partial charge in [-0.1, -0.05) is 0 Å². The number of hydrogen-bond acceptors (Lipinski definition) is 3. The number of carbonyl (C=O) groups excluding carboxylic acids is 1. The average Bonchev–Trinajstić information content (AvgIpc) is 2.26. The van der Waals surface area contributed by atoms with E-state index in [4.69, 9.17) is 9.47 Å². The van der Waals surface area contributed by atoms with E-state index >= 15 is 0 Å². The number of rotatable bonds is 4. The smallest absolute Gasteiger partial charge is 0.259 e. The molecule has 0 aromatic carbocycles. The number of nitrogens with zero attached hydrogens (tertiary/aromatic N) is 1. The van der Waals surface area contributed by atoms with E-state index in [1.54, 1.807) is 21.2 Å². The van der Waals surface area contributed by atoms with Gasteiger partial charge in [-0.05, 0) is 12.5 Å². The van der Waals surface area contributed by atoms with Gasteiger partial charge in [0.05, 0.1) is 7.11 Å². The zero-order chi connectivity index (χ0) is 11.3. The van der Waals surface area contributed by atoms with Crippen LogP contribution in [0.3, 0.4) is 0 Å². The first-order valence-corrected chi connectivity index (χ1v) is 4.91. The molecule has 0 radical (unpaired) electrons. The SMILES string of the molecule is COC1=CCCC(OCC(=O)N(C)C)=C1. The second kappa shape index (κ2) is 5.44. The fraction of sp³-hybridized carbons (Fsp3) is 0.545. The van der Waals surface area contributed by atoms with Gasteiger partial charge in [0.2, 0.25) is 0 Å². The zero-order valence-corrected chi connectivity index (χ0v) is 9.45. The largest absolute Gasteiger partial charge is 0.497 e. The lowest BCUT2D eigenvalue weighted by Gasteiger charge is -2.16. The molecule has 0 fully saturated rings. The van der Waals surface area contributed by atoms with Gasteiger partial charge in [-0.3, -0.25) is 4.79 Å². The lowest BCUT2D eigenvalue weighted by Crippen LogP contribution is -2.26. The van der Waals surface area contributed by atoms with Crippen molar-refractivity contribution in [3.05, 3.63) is 23.7 Å². The Morgan fingerprint density at radius 1 is 1.53 bits per heavy atom. The number of likely N-dealkylation sites (N-methyl/N-ethyl adjacent to an activating group) is 1. The van der Waals surface area contributed by atoms with E-state index in [0.29, 0.717) is 0 Å². The molecule has 4 heteroatoms. The predicted molar refractivity (Wildman–Crippen MR) is 57.1 cm³/mol. The lowest BCUT2D eigenvalue weighted by molar-refractivity contribution is -0.132. The molecule has 15 heavy (non-hydrogen) atoms. The molecule has 0 aliphatic heterocycles. The molecule has 84 valence electrons. The maximum Gasteiger partial charge on any atom is 0.259 e. The number of ether oxygens (including phenoxy) is 2. The number of hydrogen-bond donors (Lipinski definition) is 0. The Balaban J connectivity index is 2.42. The Bertz CT molecular complexity index is 292. The Labute approximate surface area is 90.2 Å². The third-order valence-electron chi connectivity index (χ3n) is 2.16. The Morgan fingerprint density at radius 2 is 2.27 bits per heavy atom. The van der Waals surface area contributed by atoms with Gasteiger partial charge in [0.1, 0.15) is 11.5 Å². The van der Waals surface area contributed by atoms with Crippen molar-refractivity contribution in [3.8, 4) is 0 Å². The summed E-state index contributed by atoms with van der Waals surface area (Å²) in [4.78, 5) is 12.8. The van der Waals surface area contributed by atoms with Crippen molar-refractivity contribution in [3.63, 3.8) is 0 Å². The van der Waals surface area contributed by atoms with Gasteiger partial charge >= 0.3 is 0 Å². The summed E-state index contributed by atoms with van der Waals surface area (Å²) in [6, 6.07) is 0. The minimum absolute atomic E-state index is 0.0376. The van der Waals surface area contributed by atoms with Crippen molar-refractivity contribution < 1.29 is 14.3 Å². The first-order valence-electron chi connectivity index (χ1n) is 4.91. The molecule has 0 unspecified atom stereocenters. The first-order chi connectivity index (χ1) is 7.13. The molecule has 0 aromatic rings. The summed E-state index contributed by atoms with van der Waals surface area (Å²) in [5, 5.41) is 0. The second-order valence-corrected chi connectivity index (χ2v) is 3.54. The molecule has 1 amide bonds. The van der Waals surface area contributed by atoms with Crippen molar-refractivity contribution in [1.82, 2.24) is 4.90 Å². The molecular formula is C11H17NO3. The topological polar surface area (TPSA) is 38.8 Å². The quantitative estimate of drug-likeness (QED) is 0.703. The molecule has 4 nitrogen and oxygen atoms in total. The Morgan fingerprint density at radius 3 is 2.87 bits per heavy atom. The molecular weight excluding hydrogens is 194 g/mol. The monoisotopic (exact) mass is 211 g/mol. The zero-order valence-electron chi connectivity index (χ0n) is 9.45. The van der Waals surface area contributed by atoms with E-state index in [1.165, 1.54) is 4.90 Å². The van der Waals surface area contributed by atoms with Gasteiger partial charge in [-0.25, -0.2) is 0 Å². The highest BCUT2D eigenvalue weighted by Gasteiger charge is 2.09. The minimum Gasteiger partial charge on any atom is -0.497 e. The van der Waals surface area contributed by atoms with Crippen LogP contribution in [0.4, 0.5) is 0 Å². The van der Waals surface area contributed by atoms with E-state index in [0.717, 1.165) is 24.4 Å². The minimum atomic E-state index is -0.0376. The molecule has 0 spiro atoms. The summed E-state index contributed by atoms with van der Waals surface area (Å²) in [6.07, 6.45) is 5.55. The fourth-order valence-electron chi connectivity index (χ4n) is 1.19. The van der Waals surface area contributed by atoms with E-state index in [9.17, 15) is 4.79 Å². The van der Waals surface area contributed by atoms with E-state index in [1.807, 2.05) is 12.2 Å². The maximum atomic E-state index is 11.3. The Hall–Kier alpha value is -1.45. The third kappa shape index (κ3) is 3.65. The summed E-state index contributed by atoms with van der Waals surface area (Å²) in [7, 11) is 5.04. The van der Waals surface area contributed by atoms with Gasteiger partial charge in [0.15, 0.2) is 6.61 Å². The number of methoxy groups -OCH3 is 1. The van der Waals surface area contributed by atoms with Crippen LogP contribution in [0, 0.1) is 0 Å². The molecule has 0 saturated carbocycles. The highest BCUT2D eigenvalue weighted by molar-refractivity contribution is 5.76. The van der Waals surface area contributed by atoms with Crippen LogP contribution in [0.15, 0.2) is 23.7 Å². The van der Waals surface area contributed by atoms with Crippen LogP contribution in [0.5, 0.6) is 0 Å². The highest BCUT2D eigenvalue weighted by atomic mass is 16.5. The van der Waals surface area contributed by atoms with E-state index in [-0.39, 0.29) is 12.5 Å². The molecule has 0 N–H and O–H groups in total. The van der Waals surface area contributed by atoms with E-state index in [2.05, 4.69) is 0 Å². The summed E-state index contributed by atoms with van der Waals surface area (Å²) >= 11 is 0. The van der Waals surface area contributed by atoms with Crippen LogP contribution < -0.4 is 0 Å². The molecule has 0 aromatic heterocycles. The average molecular weight is 211 g/mol. The third-order valence-corrected chi connectivity index (χ3v) is 2.16. The molecule has 1 rings (SSSR count). The highest BCUT2D eigenvalue weighted by Crippen LogP contribution is 2.18. The fourth-order valence-corrected chi connectivity index (χ4v) is 1.19. The summed E-state index contributed by atoms with van der Waals surface area (Å²) in [5.74, 6) is 1.57. The predicted octanol–water partition coefficient (Wildman–Crippen LogP) is 1.30. The van der Waals surface area contributed by atoms with Gasteiger partial charge < -0.3 is 14.4 Å². The van der Waals surface area contributed by atoms with Crippen LogP contribution in [0.2, 0.25) is 0 Å². The molecule has 0 atom stereocenters. The van der Waals surface area contributed by atoms with Crippen LogP contribution >= 0.6 is 0 Å². The normalized spacial score (nSPS) is 15.1. The first kappa shape index (κ1) is 11.6. The van der Waals surface area contributed by atoms with Crippen molar-refractivity contribution in [2.75, 3.05) is 27.8 Å². The molecule has 1 aliphatic rings. The number of carbonyl (C=O) groups is 1. The summed E-state index contributed by atoms with van der Waals surface area (Å²) in [6.45, 7) is 0.0931. The maximum absolute atomic E-state index is 11.3. The standard InChI is InChI=1S/C11H17NO3/c1-12(2)11(13)8-15-10-6-4-5-9(7-10)14-3/h5,7H,4,6,8H2,1-3H3. The van der Waals surface area contributed by atoms with Gasteiger partial charge in [-0.2, -0.15) is 0 Å². The van der Waals surface area contributed by atoms with Crippen molar-refractivity contribution in [2.24, 2.45) is 0 Å². The molecule has 0 heterocycles. The van der Waals surface area contributed by atoms with Crippen molar-refractivity contribution >= 4 is 5.91 Å².